The Hall–Kier alpha value is -3.93. The van der Waals surface area contributed by atoms with E-state index in [4.69, 9.17) is 0 Å². The molecular weight excluding hydrogens is 364 g/mol. The van der Waals surface area contributed by atoms with E-state index in [-0.39, 0.29) is 11.7 Å². The zero-order chi connectivity index (χ0) is 19.8. The number of phenols is 1. The van der Waals surface area contributed by atoms with Gasteiger partial charge in [-0.05, 0) is 70.6 Å². The quantitative estimate of drug-likeness (QED) is 0.370. The van der Waals surface area contributed by atoms with Crippen molar-refractivity contribution in [3.8, 4) is 17.0 Å². The number of phenolic OH excluding ortho intramolecular Hbond substituents is 1. The van der Waals surface area contributed by atoms with Crippen molar-refractivity contribution in [3.63, 3.8) is 0 Å². The summed E-state index contributed by atoms with van der Waals surface area (Å²) in [5.74, 6) is -0.191. The molecule has 1 heterocycles. The molecule has 3 N–H and O–H groups in total. The van der Waals surface area contributed by atoms with Gasteiger partial charge < -0.3 is 5.11 Å². The van der Waals surface area contributed by atoms with Gasteiger partial charge in [-0.25, -0.2) is 5.43 Å². The van der Waals surface area contributed by atoms with Crippen LogP contribution in [-0.2, 0) is 12.8 Å². The third-order valence-corrected chi connectivity index (χ3v) is 5.25. The van der Waals surface area contributed by atoms with Gasteiger partial charge in [-0.2, -0.15) is 10.2 Å². The molecule has 4 aromatic rings. The van der Waals surface area contributed by atoms with Crippen LogP contribution < -0.4 is 5.43 Å². The van der Waals surface area contributed by atoms with E-state index in [1.54, 1.807) is 30.3 Å². The number of hydrogen-bond acceptors (Lipinski definition) is 4. The van der Waals surface area contributed by atoms with Crippen molar-refractivity contribution in [1.29, 1.82) is 0 Å². The van der Waals surface area contributed by atoms with Gasteiger partial charge in [0, 0.05) is 5.56 Å². The van der Waals surface area contributed by atoms with Crippen molar-refractivity contribution in [3.05, 3.63) is 83.0 Å². The largest absolute Gasteiger partial charge is 0.508 e. The molecule has 0 unspecified atom stereocenters. The van der Waals surface area contributed by atoms with Crippen molar-refractivity contribution in [2.24, 2.45) is 5.10 Å². The molecule has 5 rings (SSSR count). The number of carbonyl (C=O) groups is 1. The molecule has 1 aliphatic rings. The predicted octanol–water partition coefficient (Wildman–Crippen LogP) is 3.80. The molecule has 142 valence electrons. The van der Waals surface area contributed by atoms with Gasteiger partial charge in [0.15, 0.2) is 0 Å². The van der Waals surface area contributed by atoms with E-state index in [1.807, 2.05) is 0 Å². The van der Waals surface area contributed by atoms with Crippen molar-refractivity contribution in [1.82, 2.24) is 15.6 Å². The molecule has 0 spiro atoms. The van der Waals surface area contributed by atoms with E-state index in [1.165, 1.54) is 28.1 Å². The number of aromatic nitrogens is 2. The van der Waals surface area contributed by atoms with E-state index in [0.717, 1.165) is 29.7 Å². The summed E-state index contributed by atoms with van der Waals surface area (Å²) >= 11 is 0. The predicted molar refractivity (Wildman–Crippen MR) is 112 cm³/mol. The summed E-state index contributed by atoms with van der Waals surface area (Å²) in [6.45, 7) is 0. The van der Waals surface area contributed by atoms with Crippen LogP contribution in [0, 0.1) is 0 Å². The minimum atomic E-state index is -0.371. The van der Waals surface area contributed by atoms with Crippen LogP contribution in [0.3, 0.4) is 0 Å². The second-order valence-corrected chi connectivity index (χ2v) is 7.07. The first-order chi connectivity index (χ1) is 14.2. The lowest BCUT2D eigenvalue weighted by Gasteiger charge is -2.06. The summed E-state index contributed by atoms with van der Waals surface area (Å²) in [7, 11) is 0. The third-order valence-electron chi connectivity index (χ3n) is 5.25. The number of aromatic amines is 1. The lowest BCUT2D eigenvalue weighted by Crippen LogP contribution is -2.17. The Kier molecular flexibility index (Phi) is 4.09. The number of aryl methyl sites for hydroxylation is 2. The van der Waals surface area contributed by atoms with Gasteiger partial charge in [0.1, 0.15) is 11.4 Å². The standard InChI is InChI=1S/C23H18N4O2/c28-17-9-4-14(5-10-17)13-24-27-23(29)21-12-20(25-26-21)18-11-8-16-7-6-15-2-1-3-19(18)22(15)16/h1-5,8-13,28H,6-7H2,(H,25,26)(H,27,29)/b24-13+. The SMILES string of the molecule is O=C(N/N=C/c1ccc(O)cc1)c1cc(-c2ccc3c4c(cccc24)CC3)n[nH]1. The molecule has 0 aliphatic heterocycles. The zero-order valence-corrected chi connectivity index (χ0v) is 15.5. The number of aromatic hydroxyl groups is 1. The number of rotatable bonds is 4. The summed E-state index contributed by atoms with van der Waals surface area (Å²) in [4.78, 5) is 12.4. The van der Waals surface area contributed by atoms with Gasteiger partial charge in [0.25, 0.3) is 5.91 Å². The van der Waals surface area contributed by atoms with Crippen molar-refractivity contribution >= 4 is 22.9 Å². The number of amides is 1. The molecule has 6 nitrogen and oxygen atoms in total. The first kappa shape index (κ1) is 17.2. The molecule has 1 aliphatic carbocycles. The molecule has 0 fully saturated rings. The second kappa shape index (κ2) is 6.91. The average molecular weight is 382 g/mol. The minimum absolute atomic E-state index is 0.180. The molecule has 29 heavy (non-hydrogen) atoms. The average Bonchev–Trinajstić information content (AvgIpc) is 3.39. The molecule has 0 saturated heterocycles. The van der Waals surface area contributed by atoms with Crippen LogP contribution in [0.15, 0.2) is 65.8 Å². The lowest BCUT2D eigenvalue weighted by molar-refractivity contribution is 0.0950. The maximum absolute atomic E-state index is 12.4. The van der Waals surface area contributed by atoms with Gasteiger partial charge in [0.2, 0.25) is 0 Å². The lowest BCUT2D eigenvalue weighted by atomic mass is 9.98. The van der Waals surface area contributed by atoms with Crippen LogP contribution in [-0.4, -0.2) is 27.4 Å². The van der Waals surface area contributed by atoms with E-state index in [0.29, 0.717) is 5.69 Å². The second-order valence-electron chi connectivity index (χ2n) is 7.07. The van der Waals surface area contributed by atoms with Crippen LogP contribution in [0.1, 0.15) is 27.2 Å². The summed E-state index contributed by atoms with van der Waals surface area (Å²) < 4.78 is 0. The highest BCUT2D eigenvalue weighted by Gasteiger charge is 2.18. The summed E-state index contributed by atoms with van der Waals surface area (Å²) in [5, 5.41) is 22.9. The Morgan fingerprint density at radius 2 is 1.86 bits per heavy atom. The number of benzene rings is 3. The van der Waals surface area contributed by atoms with Crippen LogP contribution in [0.4, 0.5) is 0 Å². The Morgan fingerprint density at radius 3 is 2.69 bits per heavy atom. The number of hydrogen-bond donors (Lipinski definition) is 3. The Bertz CT molecular complexity index is 1250. The van der Waals surface area contributed by atoms with Crippen LogP contribution in [0.5, 0.6) is 5.75 Å². The number of nitrogens with one attached hydrogen (secondary N) is 2. The molecule has 0 saturated carbocycles. The number of carbonyl (C=O) groups excluding carboxylic acids is 1. The highest BCUT2D eigenvalue weighted by Crippen LogP contribution is 2.36. The molecule has 0 atom stereocenters. The fourth-order valence-corrected chi connectivity index (χ4v) is 3.83. The molecule has 1 amide bonds. The summed E-state index contributed by atoms with van der Waals surface area (Å²) in [6, 6.07) is 18.9. The smallest absolute Gasteiger partial charge is 0.289 e. The molecule has 6 heteroatoms. The third kappa shape index (κ3) is 3.14. The van der Waals surface area contributed by atoms with Gasteiger partial charge in [-0.15, -0.1) is 0 Å². The van der Waals surface area contributed by atoms with Gasteiger partial charge in [0.05, 0.1) is 11.9 Å². The maximum Gasteiger partial charge on any atom is 0.289 e. The number of nitrogens with zero attached hydrogens (tertiary/aromatic N) is 2. The Balaban J connectivity index is 1.38. The maximum atomic E-state index is 12.4. The van der Waals surface area contributed by atoms with Crippen LogP contribution in [0.2, 0.25) is 0 Å². The topological polar surface area (TPSA) is 90.4 Å². The normalized spacial score (nSPS) is 12.7. The zero-order valence-electron chi connectivity index (χ0n) is 15.5. The first-order valence-electron chi connectivity index (χ1n) is 9.41. The fraction of sp³-hybridized carbons (Fsp3) is 0.0870. The summed E-state index contributed by atoms with van der Waals surface area (Å²) in [6.07, 6.45) is 3.66. The minimum Gasteiger partial charge on any atom is -0.508 e. The highest BCUT2D eigenvalue weighted by atomic mass is 16.3. The van der Waals surface area contributed by atoms with Gasteiger partial charge in [-0.1, -0.05) is 30.3 Å². The van der Waals surface area contributed by atoms with Gasteiger partial charge in [-0.3, -0.25) is 9.89 Å². The monoisotopic (exact) mass is 382 g/mol. The number of hydrazone groups is 1. The Labute approximate surface area is 166 Å². The van der Waals surface area contributed by atoms with Crippen LogP contribution in [0.25, 0.3) is 22.0 Å². The van der Waals surface area contributed by atoms with Crippen molar-refractivity contribution in [2.75, 3.05) is 0 Å². The first-order valence-corrected chi connectivity index (χ1v) is 9.41. The fourth-order valence-electron chi connectivity index (χ4n) is 3.83. The van der Waals surface area contributed by atoms with Gasteiger partial charge >= 0.3 is 0 Å². The van der Waals surface area contributed by atoms with E-state index in [9.17, 15) is 9.90 Å². The van der Waals surface area contributed by atoms with Crippen LogP contribution >= 0.6 is 0 Å². The molecular formula is C23H18N4O2. The Morgan fingerprint density at radius 1 is 1.07 bits per heavy atom. The number of H-pyrrole nitrogens is 1. The molecule has 1 aromatic heterocycles. The molecule has 3 aromatic carbocycles. The molecule has 0 bridgehead atoms. The molecule has 0 radical (unpaired) electrons. The van der Waals surface area contributed by atoms with Crippen molar-refractivity contribution in [2.45, 2.75) is 12.8 Å². The van der Waals surface area contributed by atoms with E-state index in [2.05, 4.69) is 51.1 Å². The van der Waals surface area contributed by atoms with E-state index < -0.39 is 0 Å². The highest BCUT2D eigenvalue weighted by molar-refractivity contribution is 6.02. The van der Waals surface area contributed by atoms with E-state index >= 15 is 0 Å². The summed E-state index contributed by atoms with van der Waals surface area (Å²) in [5.41, 5.74) is 8.08. The van der Waals surface area contributed by atoms with Crippen molar-refractivity contribution < 1.29 is 9.90 Å².